The van der Waals surface area contributed by atoms with E-state index in [0.29, 0.717) is 18.8 Å². The lowest BCUT2D eigenvalue weighted by Gasteiger charge is -2.08. The molecule has 20 heavy (non-hydrogen) atoms. The van der Waals surface area contributed by atoms with Crippen molar-refractivity contribution >= 4 is 11.6 Å². The van der Waals surface area contributed by atoms with Crippen molar-refractivity contribution in [2.45, 2.75) is 20.0 Å². The van der Waals surface area contributed by atoms with E-state index in [1.165, 1.54) is 22.9 Å². The molecule has 2 rings (SSSR count). The Morgan fingerprint density at radius 1 is 1.40 bits per heavy atom. The van der Waals surface area contributed by atoms with Gasteiger partial charge in [0.25, 0.3) is 5.56 Å². The molecule has 2 aromatic rings. The highest BCUT2D eigenvalue weighted by atomic mass is 16.2. The molecule has 3 N–H and O–H groups in total. The van der Waals surface area contributed by atoms with Gasteiger partial charge >= 0.3 is 0 Å². The molecular formula is C13H17N5O2. The zero-order valence-corrected chi connectivity index (χ0v) is 11.2. The summed E-state index contributed by atoms with van der Waals surface area (Å²) in [4.78, 5) is 23.2. The van der Waals surface area contributed by atoms with Crippen molar-refractivity contribution in [1.29, 1.82) is 0 Å². The highest BCUT2D eigenvalue weighted by Crippen LogP contribution is 1.95. The van der Waals surface area contributed by atoms with Crippen LogP contribution in [0.25, 0.3) is 0 Å². The summed E-state index contributed by atoms with van der Waals surface area (Å²) >= 11 is 0. The molecule has 0 fully saturated rings. The maximum Gasteiger partial charge on any atom is 0.251 e. The van der Waals surface area contributed by atoms with Crippen molar-refractivity contribution < 1.29 is 4.79 Å². The third-order valence-corrected chi connectivity index (χ3v) is 2.75. The third-order valence-electron chi connectivity index (χ3n) is 2.75. The maximum atomic E-state index is 11.7. The van der Waals surface area contributed by atoms with Crippen LogP contribution in [0, 0.1) is 6.92 Å². The Balaban J connectivity index is 1.83. The quantitative estimate of drug-likeness (QED) is 0.786. The van der Waals surface area contributed by atoms with Gasteiger partial charge in [0, 0.05) is 30.7 Å². The Labute approximate surface area is 116 Å². The molecule has 0 saturated heterocycles. The molecule has 7 nitrogen and oxygen atoms in total. The molecular weight excluding hydrogens is 258 g/mol. The summed E-state index contributed by atoms with van der Waals surface area (Å²) in [5.41, 5.74) is 6.85. The zero-order valence-electron chi connectivity index (χ0n) is 11.2. The summed E-state index contributed by atoms with van der Waals surface area (Å²) in [5, 5.41) is 6.85. The number of aromatic nitrogens is 3. The maximum absolute atomic E-state index is 11.7. The van der Waals surface area contributed by atoms with Crippen molar-refractivity contribution in [2.24, 2.45) is 0 Å². The van der Waals surface area contributed by atoms with Crippen LogP contribution in [0.5, 0.6) is 0 Å². The van der Waals surface area contributed by atoms with Gasteiger partial charge in [-0.1, -0.05) is 0 Å². The van der Waals surface area contributed by atoms with Crippen LogP contribution in [0.2, 0.25) is 0 Å². The molecule has 2 aromatic heterocycles. The standard InChI is InChI=1S/C13H17N5O2/c1-10-6-16-18(7-10)5-4-15-12(19)9-17-8-11(14)2-3-13(17)20/h2-3,6-8H,4-5,9,14H2,1H3,(H,15,19). The summed E-state index contributed by atoms with van der Waals surface area (Å²) in [6.45, 7) is 2.96. The van der Waals surface area contributed by atoms with E-state index in [-0.39, 0.29) is 18.0 Å². The van der Waals surface area contributed by atoms with Crippen LogP contribution in [-0.4, -0.2) is 26.8 Å². The van der Waals surface area contributed by atoms with Gasteiger partial charge in [-0.2, -0.15) is 5.10 Å². The lowest BCUT2D eigenvalue weighted by atomic mass is 10.4. The normalized spacial score (nSPS) is 10.4. The molecule has 0 aromatic carbocycles. The third kappa shape index (κ3) is 3.71. The molecule has 0 atom stereocenters. The minimum atomic E-state index is -0.253. The van der Waals surface area contributed by atoms with Gasteiger partial charge in [-0.3, -0.25) is 14.3 Å². The first-order valence-electron chi connectivity index (χ1n) is 6.26. The Kier molecular flexibility index (Phi) is 4.19. The van der Waals surface area contributed by atoms with Gasteiger partial charge < -0.3 is 15.6 Å². The number of carbonyl (C=O) groups is 1. The zero-order chi connectivity index (χ0) is 14.5. The smallest absolute Gasteiger partial charge is 0.251 e. The molecule has 0 aliphatic heterocycles. The summed E-state index contributed by atoms with van der Waals surface area (Å²) < 4.78 is 3.03. The average molecular weight is 275 g/mol. The average Bonchev–Trinajstić information content (AvgIpc) is 2.80. The number of aryl methyl sites for hydroxylation is 1. The number of rotatable bonds is 5. The molecule has 2 heterocycles. The van der Waals surface area contributed by atoms with Crippen LogP contribution in [0.1, 0.15) is 5.56 Å². The molecule has 0 spiro atoms. The second kappa shape index (κ2) is 6.05. The van der Waals surface area contributed by atoms with E-state index in [0.717, 1.165) is 5.56 Å². The lowest BCUT2D eigenvalue weighted by molar-refractivity contribution is -0.121. The Morgan fingerprint density at radius 2 is 2.20 bits per heavy atom. The van der Waals surface area contributed by atoms with Crippen LogP contribution in [-0.2, 0) is 17.9 Å². The van der Waals surface area contributed by atoms with Gasteiger partial charge in [0.05, 0.1) is 12.7 Å². The molecule has 1 amide bonds. The second-order valence-electron chi connectivity index (χ2n) is 4.56. The summed E-state index contributed by atoms with van der Waals surface area (Å²) in [6, 6.07) is 2.85. The Hall–Kier alpha value is -2.57. The van der Waals surface area contributed by atoms with E-state index < -0.39 is 0 Å². The molecule has 7 heteroatoms. The Morgan fingerprint density at radius 3 is 2.90 bits per heavy atom. The van der Waals surface area contributed by atoms with Gasteiger partial charge in [-0.25, -0.2) is 0 Å². The van der Waals surface area contributed by atoms with Gasteiger partial charge in [0.2, 0.25) is 5.91 Å². The first-order chi connectivity index (χ1) is 9.54. The Bertz CT molecular complexity index is 659. The molecule has 0 radical (unpaired) electrons. The van der Waals surface area contributed by atoms with E-state index >= 15 is 0 Å². The molecule has 0 saturated carbocycles. The van der Waals surface area contributed by atoms with Gasteiger partial charge in [0.1, 0.15) is 6.54 Å². The van der Waals surface area contributed by atoms with Crippen LogP contribution in [0.4, 0.5) is 5.69 Å². The van der Waals surface area contributed by atoms with Crippen molar-refractivity contribution in [3.8, 4) is 0 Å². The highest BCUT2D eigenvalue weighted by Gasteiger charge is 2.04. The van der Waals surface area contributed by atoms with Crippen molar-refractivity contribution in [2.75, 3.05) is 12.3 Å². The minimum Gasteiger partial charge on any atom is -0.398 e. The van der Waals surface area contributed by atoms with E-state index in [2.05, 4.69) is 10.4 Å². The van der Waals surface area contributed by atoms with Crippen LogP contribution >= 0.6 is 0 Å². The number of hydrogen-bond acceptors (Lipinski definition) is 4. The summed E-state index contributed by atoms with van der Waals surface area (Å²) in [7, 11) is 0. The van der Waals surface area contributed by atoms with Gasteiger partial charge in [-0.05, 0) is 18.6 Å². The van der Waals surface area contributed by atoms with Crippen molar-refractivity contribution in [3.63, 3.8) is 0 Å². The lowest BCUT2D eigenvalue weighted by Crippen LogP contribution is -2.33. The molecule has 0 aliphatic rings. The topological polar surface area (TPSA) is 94.9 Å². The number of anilines is 1. The second-order valence-corrected chi connectivity index (χ2v) is 4.56. The first-order valence-corrected chi connectivity index (χ1v) is 6.26. The molecule has 0 unspecified atom stereocenters. The van der Waals surface area contributed by atoms with E-state index in [1.807, 2.05) is 13.1 Å². The van der Waals surface area contributed by atoms with Crippen LogP contribution in [0.15, 0.2) is 35.5 Å². The monoisotopic (exact) mass is 275 g/mol. The number of amides is 1. The highest BCUT2D eigenvalue weighted by molar-refractivity contribution is 5.75. The van der Waals surface area contributed by atoms with Gasteiger partial charge in [0.15, 0.2) is 0 Å². The number of hydrogen-bond donors (Lipinski definition) is 2. The summed E-state index contributed by atoms with van der Waals surface area (Å²) in [5.74, 6) is -0.235. The van der Waals surface area contributed by atoms with Crippen molar-refractivity contribution in [3.05, 3.63) is 46.6 Å². The SMILES string of the molecule is Cc1cnn(CCNC(=O)Cn2cc(N)ccc2=O)c1. The predicted octanol–water partition coefficient (Wildman–Crippen LogP) is -0.248. The number of carbonyl (C=O) groups excluding carboxylic acids is 1. The number of nitrogen functional groups attached to an aromatic ring is 1. The first kappa shape index (κ1) is 13.9. The van der Waals surface area contributed by atoms with Crippen molar-refractivity contribution in [1.82, 2.24) is 19.7 Å². The van der Waals surface area contributed by atoms with E-state index in [9.17, 15) is 9.59 Å². The number of nitrogens with zero attached hydrogens (tertiary/aromatic N) is 3. The number of nitrogens with one attached hydrogen (secondary N) is 1. The number of pyridine rings is 1. The fourth-order valence-corrected chi connectivity index (χ4v) is 1.78. The van der Waals surface area contributed by atoms with Gasteiger partial charge in [-0.15, -0.1) is 0 Å². The van der Waals surface area contributed by atoms with E-state index in [4.69, 9.17) is 5.73 Å². The predicted molar refractivity (Wildman–Crippen MR) is 75.1 cm³/mol. The fraction of sp³-hybridized carbons (Fsp3) is 0.308. The van der Waals surface area contributed by atoms with Crippen LogP contribution in [0.3, 0.4) is 0 Å². The fourth-order valence-electron chi connectivity index (χ4n) is 1.78. The number of nitrogens with two attached hydrogens (primary N) is 1. The summed E-state index contributed by atoms with van der Waals surface area (Å²) in [6.07, 6.45) is 5.11. The van der Waals surface area contributed by atoms with E-state index in [1.54, 1.807) is 10.9 Å². The largest absolute Gasteiger partial charge is 0.398 e. The van der Waals surface area contributed by atoms with Crippen LogP contribution < -0.4 is 16.6 Å². The molecule has 106 valence electrons. The molecule has 0 bridgehead atoms. The minimum absolute atomic E-state index is 0.0397. The molecule has 0 aliphatic carbocycles.